The van der Waals surface area contributed by atoms with Crippen molar-refractivity contribution in [3.63, 3.8) is 0 Å². The maximum atomic E-state index is 13.9. The van der Waals surface area contributed by atoms with E-state index in [4.69, 9.17) is 16.3 Å². The number of benzene rings is 2. The Morgan fingerprint density at radius 1 is 1.08 bits per heavy atom. The second-order valence-corrected chi connectivity index (χ2v) is 11.0. The first-order chi connectivity index (χ1) is 16.8. The Bertz CT molecular complexity index is 1140. The number of anilines is 1. The molecule has 2 aromatic rings. The van der Waals surface area contributed by atoms with E-state index in [-0.39, 0.29) is 30.3 Å². The average molecular weight is 514 g/mol. The fourth-order valence-electron chi connectivity index (χ4n) is 4.23. The van der Waals surface area contributed by atoms with Gasteiger partial charge in [-0.25, -0.2) is 4.79 Å². The smallest absolute Gasteiger partial charge is 0.408 e. The van der Waals surface area contributed by atoms with Gasteiger partial charge >= 0.3 is 6.09 Å². The van der Waals surface area contributed by atoms with Gasteiger partial charge in [-0.2, -0.15) is 0 Å². The van der Waals surface area contributed by atoms with Crippen molar-refractivity contribution in [3.05, 3.63) is 63.7 Å². The number of alkyl carbamates (subject to hydrolysis) is 1. The van der Waals surface area contributed by atoms with E-state index in [1.165, 1.54) is 0 Å². The monoisotopic (exact) mass is 513 g/mol. The van der Waals surface area contributed by atoms with E-state index in [1.54, 1.807) is 31.7 Å². The molecule has 3 rings (SSSR count). The third kappa shape index (κ3) is 6.58. The molecule has 0 radical (unpaired) electrons. The molecular weight excluding hydrogens is 478 g/mol. The maximum absolute atomic E-state index is 13.9. The van der Waals surface area contributed by atoms with Crippen LogP contribution < -0.4 is 10.6 Å². The maximum Gasteiger partial charge on any atom is 0.408 e. The van der Waals surface area contributed by atoms with Crippen LogP contribution in [0.4, 0.5) is 10.5 Å². The van der Waals surface area contributed by atoms with Crippen molar-refractivity contribution in [3.8, 4) is 0 Å². The molecule has 0 aliphatic heterocycles. The Labute approximate surface area is 218 Å². The fraction of sp³-hybridized carbons (Fsp3) is 0.464. The van der Waals surface area contributed by atoms with Crippen molar-refractivity contribution in [2.24, 2.45) is 5.92 Å². The topological polar surface area (TPSA) is 87.7 Å². The van der Waals surface area contributed by atoms with Crippen molar-refractivity contribution >= 4 is 35.2 Å². The zero-order chi connectivity index (χ0) is 26.8. The number of halogens is 1. The molecule has 1 fully saturated rings. The molecule has 1 saturated carbocycles. The first-order valence-electron chi connectivity index (χ1n) is 12.2. The van der Waals surface area contributed by atoms with E-state index in [0.717, 1.165) is 28.7 Å². The van der Waals surface area contributed by atoms with E-state index < -0.39 is 17.7 Å². The highest BCUT2D eigenvalue weighted by molar-refractivity contribution is 6.34. The minimum Gasteiger partial charge on any atom is -0.444 e. The number of para-hydroxylation sites is 1. The molecule has 194 valence electrons. The Hall–Kier alpha value is -3.06. The average Bonchev–Trinajstić information content (AvgIpc) is 3.49. The quantitative estimate of drug-likeness (QED) is 0.496. The summed E-state index contributed by atoms with van der Waals surface area (Å²) in [5, 5.41) is 5.95. The van der Waals surface area contributed by atoms with Gasteiger partial charge in [0.15, 0.2) is 0 Å². The highest BCUT2D eigenvalue weighted by Gasteiger charge is 2.46. The number of amides is 3. The molecule has 7 nitrogen and oxygen atoms in total. The van der Waals surface area contributed by atoms with Crippen LogP contribution >= 0.6 is 11.6 Å². The van der Waals surface area contributed by atoms with Crippen molar-refractivity contribution in [2.75, 3.05) is 11.9 Å². The third-order valence-electron chi connectivity index (χ3n) is 6.43. The highest BCUT2D eigenvalue weighted by Crippen LogP contribution is 2.41. The lowest BCUT2D eigenvalue weighted by Gasteiger charge is -2.33. The highest BCUT2D eigenvalue weighted by atomic mass is 35.5. The summed E-state index contributed by atoms with van der Waals surface area (Å²) in [4.78, 5) is 41.4. The second kappa shape index (κ2) is 10.9. The number of ether oxygens (including phenoxy) is 1. The number of rotatable bonds is 7. The number of nitrogens with one attached hydrogen (secondary N) is 2. The molecular formula is C28H36ClN3O4. The Balaban J connectivity index is 1.98. The summed E-state index contributed by atoms with van der Waals surface area (Å²) in [5.41, 5.74) is 3.33. The lowest BCUT2D eigenvalue weighted by Crippen LogP contribution is -2.48. The molecule has 1 aliphatic carbocycles. The zero-order valence-electron chi connectivity index (χ0n) is 22.1. The predicted octanol–water partition coefficient (Wildman–Crippen LogP) is 5.71. The summed E-state index contributed by atoms with van der Waals surface area (Å²) in [7, 11) is 0. The molecule has 8 heteroatoms. The number of nitrogens with zero attached hydrogens (tertiary/aromatic N) is 1. The van der Waals surface area contributed by atoms with E-state index in [9.17, 15) is 14.4 Å². The first-order valence-corrected chi connectivity index (χ1v) is 12.6. The van der Waals surface area contributed by atoms with Gasteiger partial charge in [-0.05, 0) is 82.2 Å². The number of hydrogen-bond acceptors (Lipinski definition) is 4. The van der Waals surface area contributed by atoms with Crippen molar-refractivity contribution in [1.82, 2.24) is 10.2 Å². The third-order valence-corrected chi connectivity index (χ3v) is 6.75. The molecule has 2 aromatic carbocycles. The van der Waals surface area contributed by atoms with Crippen LogP contribution in [0, 0.1) is 26.7 Å². The van der Waals surface area contributed by atoms with Gasteiger partial charge in [0.25, 0.3) is 5.91 Å². The van der Waals surface area contributed by atoms with E-state index >= 15 is 0 Å². The van der Waals surface area contributed by atoms with Gasteiger partial charge < -0.3 is 20.3 Å². The summed E-state index contributed by atoms with van der Waals surface area (Å²) in [6.45, 7) is 12.8. The van der Waals surface area contributed by atoms with Crippen LogP contribution in [-0.4, -0.2) is 41.0 Å². The molecule has 3 unspecified atom stereocenters. The lowest BCUT2D eigenvalue weighted by atomic mass is 9.95. The van der Waals surface area contributed by atoms with Crippen LogP contribution in [0.1, 0.15) is 62.4 Å². The van der Waals surface area contributed by atoms with Crippen LogP contribution in [0.15, 0.2) is 36.4 Å². The molecule has 0 heterocycles. The van der Waals surface area contributed by atoms with Crippen molar-refractivity contribution in [2.45, 2.75) is 72.6 Å². The lowest BCUT2D eigenvalue weighted by molar-refractivity contribution is -0.139. The van der Waals surface area contributed by atoms with E-state index in [2.05, 4.69) is 10.6 Å². The summed E-state index contributed by atoms with van der Waals surface area (Å²) < 4.78 is 5.28. The van der Waals surface area contributed by atoms with Gasteiger partial charge in [-0.15, -0.1) is 0 Å². The minimum absolute atomic E-state index is 0.124. The summed E-state index contributed by atoms with van der Waals surface area (Å²) in [6.07, 6.45) is 0.0943. The van der Waals surface area contributed by atoms with Gasteiger partial charge in [0.05, 0.1) is 10.7 Å². The molecule has 0 spiro atoms. The SMILES string of the molecule is Cc1cccc(C(C(=O)Nc2c(C)cccc2Cl)N(C(=O)CNC(=O)OC(C)(C)C)C2CC2C)c1C. The van der Waals surface area contributed by atoms with Crippen LogP contribution in [0.2, 0.25) is 5.02 Å². The number of carbonyl (C=O) groups is 3. The Morgan fingerprint density at radius 2 is 1.69 bits per heavy atom. The molecule has 36 heavy (non-hydrogen) atoms. The molecule has 3 amide bonds. The van der Waals surface area contributed by atoms with Gasteiger partial charge in [0.1, 0.15) is 18.2 Å². The molecule has 3 atom stereocenters. The molecule has 1 aliphatic rings. The standard InChI is InChI=1S/C28H36ClN3O4/c1-16-10-8-12-20(19(16)4)25(26(34)31-24-17(2)11-9-13-21(24)29)32(22-14-18(22)3)23(33)15-30-27(35)36-28(5,6)7/h8-13,18,22,25H,14-15H2,1-7H3,(H,30,35)(H,31,34). The fourth-order valence-corrected chi connectivity index (χ4v) is 4.50. The summed E-state index contributed by atoms with van der Waals surface area (Å²) >= 11 is 6.40. The summed E-state index contributed by atoms with van der Waals surface area (Å²) in [6, 6.07) is 10.1. The van der Waals surface area contributed by atoms with Crippen LogP contribution in [-0.2, 0) is 14.3 Å². The van der Waals surface area contributed by atoms with Gasteiger partial charge in [-0.3, -0.25) is 9.59 Å². The second-order valence-electron chi connectivity index (χ2n) is 10.5. The van der Waals surface area contributed by atoms with E-state index in [1.807, 2.05) is 58.0 Å². The van der Waals surface area contributed by atoms with Crippen LogP contribution in [0.5, 0.6) is 0 Å². The molecule has 0 bridgehead atoms. The molecule has 2 N–H and O–H groups in total. The number of carbonyl (C=O) groups excluding carboxylic acids is 3. The van der Waals surface area contributed by atoms with Gasteiger partial charge in [0, 0.05) is 6.04 Å². The first kappa shape index (κ1) is 27.5. The van der Waals surface area contributed by atoms with Crippen molar-refractivity contribution < 1.29 is 19.1 Å². The van der Waals surface area contributed by atoms with E-state index in [0.29, 0.717) is 10.7 Å². The Kier molecular flexibility index (Phi) is 8.34. The summed E-state index contributed by atoms with van der Waals surface area (Å²) in [5.74, 6) is -0.477. The van der Waals surface area contributed by atoms with Crippen LogP contribution in [0.3, 0.4) is 0 Å². The van der Waals surface area contributed by atoms with Crippen LogP contribution in [0.25, 0.3) is 0 Å². The van der Waals surface area contributed by atoms with Gasteiger partial charge in [-0.1, -0.05) is 48.9 Å². The molecule has 0 aromatic heterocycles. The molecule has 0 saturated heterocycles. The van der Waals surface area contributed by atoms with Crippen molar-refractivity contribution in [1.29, 1.82) is 0 Å². The Morgan fingerprint density at radius 3 is 2.28 bits per heavy atom. The van der Waals surface area contributed by atoms with Gasteiger partial charge in [0.2, 0.25) is 5.91 Å². The zero-order valence-corrected chi connectivity index (χ0v) is 22.8. The largest absolute Gasteiger partial charge is 0.444 e. The number of aryl methyl sites for hydroxylation is 2. The predicted molar refractivity (Wildman–Crippen MR) is 142 cm³/mol. The normalized spacial score (nSPS) is 17.7. The number of hydrogen-bond donors (Lipinski definition) is 2. The minimum atomic E-state index is -0.900.